The lowest BCUT2D eigenvalue weighted by atomic mass is 10.1. The summed E-state index contributed by atoms with van der Waals surface area (Å²) in [6, 6.07) is 0. The lowest BCUT2D eigenvalue weighted by molar-refractivity contribution is 0.522. The molecule has 1 atom stereocenters. The molecule has 1 aromatic rings. The first-order chi connectivity index (χ1) is 6.84. The van der Waals surface area contributed by atoms with Crippen LogP contribution in [0.15, 0.2) is 5.38 Å². The Bertz CT molecular complexity index is 279. The van der Waals surface area contributed by atoms with Crippen LogP contribution in [0.2, 0.25) is 0 Å². The molecule has 1 aromatic heterocycles. The third kappa shape index (κ3) is 2.97. The first-order valence-electron chi connectivity index (χ1n) is 5.04. The highest BCUT2D eigenvalue weighted by Gasteiger charge is 2.14. The topological polar surface area (TPSA) is 24.9 Å². The van der Waals surface area contributed by atoms with Gasteiger partial charge in [0.05, 0.1) is 0 Å². The fraction of sp³-hybridized carbons (Fsp3) is 0.700. The molecule has 14 heavy (non-hydrogen) atoms. The van der Waals surface area contributed by atoms with E-state index in [-0.39, 0.29) is 0 Å². The van der Waals surface area contributed by atoms with Crippen molar-refractivity contribution in [2.45, 2.75) is 19.9 Å². The molecule has 2 rings (SSSR count). The minimum absolute atomic E-state index is 0.890. The van der Waals surface area contributed by atoms with Gasteiger partial charge in [-0.25, -0.2) is 4.98 Å². The van der Waals surface area contributed by atoms with Crippen molar-refractivity contribution < 1.29 is 0 Å². The van der Waals surface area contributed by atoms with Gasteiger partial charge in [-0.1, -0.05) is 0 Å². The summed E-state index contributed by atoms with van der Waals surface area (Å²) in [6.07, 6.45) is 1.38. The fourth-order valence-electron chi connectivity index (χ4n) is 1.61. The molecule has 0 spiro atoms. The van der Waals surface area contributed by atoms with Crippen LogP contribution < -0.4 is 5.32 Å². The van der Waals surface area contributed by atoms with E-state index < -0.39 is 0 Å². The Morgan fingerprint density at radius 3 is 3.21 bits per heavy atom. The number of nitrogens with one attached hydrogen (secondary N) is 1. The van der Waals surface area contributed by atoms with Gasteiger partial charge in [0, 0.05) is 17.6 Å². The van der Waals surface area contributed by atoms with Crippen molar-refractivity contribution in [1.29, 1.82) is 0 Å². The zero-order valence-electron chi connectivity index (χ0n) is 8.45. The minimum atomic E-state index is 0.890. The van der Waals surface area contributed by atoms with E-state index in [1.165, 1.54) is 22.9 Å². The lowest BCUT2D eigenvalue weighted by Crippen LogP contribution is -2.22. The van der Waals surface area contributed by atoms with E-state index in [0.29, 0.717) is 0 Å². The summed E-state index contributed by atoms with van der Waals surface area (Å²) in [7, 11) is 0. The molecule has 0 radical (unpaired) electrons. The molecule has 78 valence electrons. The number of hydrogen-bond donors (Lipinski definition) is 1. The van der Waals surface area contributed by atoms with Crippen molar-refractivity contribution in [3.8, 4) is 0 Å². The summed E-state index contributed by atoms with van der Waals surface area (Å²) in [5.41, 5.74) is 1.14. The number of thioether (sulfide) groups is 1. The molecule has 1 aliphatic heterocycles. The van der Waals surface area contributed by atoms with Gasteiger partial charge < -0.3 is 5.32 Å². The fourth-order valence-corrected chi connectivity index (χ4v) is 3.64. The monoisotopic (exact) mass is 228 g/mol. The third-order valence-electron chi connectivity index (χ3n) is 2.40. The second kappa shape index (κ2) is 5.14. The quantitative estimate of drug-likeness (QED) is 0.856. The lowest BCUT2D eigenvalue weighted by Gasteiger charge is -2.07. The van der Waals surface area contributed by atoms with Crippen LogP contribution >= 0.6 is 23.1 Å². The molecule has 0 bridgehead atoms. The van der Waals surface area contributed by atoms with Crippen LogP contribution in [0, 0.1) is 12.8 Å². The van der Waals surface area contributed by atoms with Crippen LogP contribution in [-0.4, -0.2) is 23.0 Å². The molecule has 2 heterocycles. The Morgan fingerprint density at radius 1 is 1.64 bits per heavy atom. The molecule has 0 aliphatic carbocycles. The van der Waals surface area contributed by atoms with E-state index >= 15 is 0 Å². The highest BCUT2D eigenvalue weighted by atomic mass is 32.2. The van der Waals surface area contributed by atoms with Crippen molar-refractivity contribution >= 4 is 23.1 Å². The number of aromatic nitrogens is 1. The maximum absolute atomic E-state index is 4.43. The summed E-state index contributed by atoms with van der Waals surface area (Å²) < 4.78 is 0. The predicted molar refractivity (Wildman–Crippen MR) is 64.0 cm³/mol. The molecule has 0 aromatic carbocycles. The van der Waals surface area contributed by atoms with Crippen LogP contribution in [0.3, 0.4) is 0 Å². The summed E-state index contributed by atoms with van der Waals surface area (Å²) in [5, 5.41) is 6.82. The van der Waals surface area contributed by atoms with Crippen molar-refractivity contribution in [1.82, 2.24) is 10.3 Å². The van der Waals surface area contributed by atoms with E-state index in [9.17, 15) is 0 Å². The number of rotatable bonds is 4. The van der Waals surface area contributed by atoms with Crippen LogP contribution in [0.25, 0.3) is 0 Å². The molecule has 1 unspecified atom stereocenters. The van der Waals surface area contributed by atoms with E-state index in [4.69, 9.17) is 0 Å². The molecule has 1 N–H and O–H groups in total. The van der Waals surface area contributed by atoms with E-state index in [1.807, 2.05) is 6.92 Å². The molecular formula is C10H16N2S2. The number of aryl methyl sites for hydroxylation is 1. The molecular weight excluding hydrogens is 212 g/mol. The standard InChI is InChI=1S/C10H16N2S2/c1-8-6-14-10(12-8)5-11-4-9-2-3-13-7-9/h6,9,11H,2-5,7H2,1H3. The van der Waals surface area contributed by atoms with Gasteiger partial charge in [0.15, 0.2) is 0 Å². The van der Waals surface area contributed by atoms with Gasteiger partial charge in [-0.2, -0.15) is 11.8 Å². The van der Waals surface area contributed by atoms with Crippen LogP contribution in [-0.2, 0) is 6.54 Å². The van der Waals surface area contributed by atoms with E-state index in [0.717, 1.165) is 24.7 Å². The summed E-state index contributed by atoms with van der Waals surface area (Å²) in [5.74, 6) is 3.58. The average molecular weight is 228 g/mol. The number of nitrogens with zero attached hydrogens (tertiary/aromatic N) is 1. The van der Waals surface area contributed by atoms with E-state index in [2.05, 4.69) is 27.4 Å². The summed E-state index contributed by atoms with van der Waals surface area (Å²) in [6.45, 7) is 4.15. The van der Waals surface area contributed by atoms with Crippen LogP contribution in [0.5, 0.6) is 0 Å². The Labute approximate surface area is 93.5 Å². The second-order valence-electron chi connectivity index (χ2n) is 3.74. The second-order valence-corrected chi connectivity index (χ2v) is 5.84. The van der Waals surface area contributed by atoms with E-state index in [1.54, 1.807) is 11.3 Å². The molecule has 2 nitrogen and oxygen atoms in total. The smallest absolute Gasteiger partial charge is 0.107 e. The van der Waals surface area contributed by atoms with Gasteiger partial charge in [0.1, 0.15) is 5.01 Å². The van der Waals surface area contributed by atoms with Crippen molar-refractivity contribution in [3.05, 3.63) is 16.1 Å². The summed E-state index contributed by atoms with van der Waals surface area (Å²) in [4.78, 5) is 4.43. The van der Waals surface area contributed by atoms with Crippen LogP contribution in [0.1, 0.15) is 17.1 Å². The van der Waals surface area contributed by atoms with Crippen molar-refractivity contribution in [3.63, 3.8) is 0 Å². The Morgan fingerprint density at radius 2 is 2.57 bits per heavy atom. The first kappa shape index (κ1) is 10.5. The van der Waals surface area contributed by atoms with Gasteiger partial charge in [-0.05, 0) is 37.3 Å². The van der Waals surface area contributed by atoms with Gasteiger partial charge >= 0.3 is 0 Å². The van der Waals surface area contributed by atoms with Gasteiger partial charge in [-0.3, -0.25) is 0 Å². The molecule has 0 saturated carbocycles. The van der Waals surface area contributed by atoms with Gasteiger partial charge in [0.2, 0.25) is 0 Å². The largest absolute Gasteiger partial charge is 0.310 e. The highest BCUT2D eigenvalue weighted by molar-refractivity contribution is 7.99. The normalized spacial score (nSPS) is 21.6. The van der Waals surface area contributed by atoms with Crippen molar-refractivity contribution in [2.24, 2.45) is 5.92 Å². The molecule has 4 heteroatoms. The minimum Gasteiger partial charge on any atom is -0.310 e. The van der Waals surface area contributed by atoms with Crippen LogP contribution in [0.4, 0.5) is 0 Å². The van der Waals surface area contributed by atoms with Crippen molar-refractivity contribution in [2.75, 3.05) is 18.1 Å². The predicted octanol–water partition coefficient (Wildman–Crippen LogP) is 2.29. The number of hydrogen-bond acceptors (Lipinski definition) is 4. The zero-order valence-corrected chi connectivity index (χ0v) is 10.1. The SMILES string of the molecule is Cc1csc(CNCC2CCSC2)n1. The van der Waals surface area contributed by atoms with Gasteiger partial charge in [-0.15, -0.1) is 11.3 Å². The molecule has 0 amide bonds. The number of thiazole rings is 1. The molecule has 1 fully saturated rings. The zero-order chi connectivity index (χ0) is 9.80. The maximum atomic E-state index is 4.43. The third-order valence-corrected chi connectivity index (χ3v) is 4.60. The maximum Gasteiger partial charge on any atom is 0.107 e. The Kier molecular flexibility index (Phi) is 3.84. The van der Waals surface area contributed by atoms with Gasteiger partial charge in [0.25, 0.3) is 0 Å². The average Bonchev–Trinajstić information content (AvgIpc) is 2.77. The first-order valence-corrected chi connectivity index (χ1v) is 7.07. The summed E-state index contributed by atoms with van der Waals surface area (Å²) >= 11 is 3.83. The Balaban J connectivity index is 1.67. The molecule has 1 saturated heterocycles. The molecule has 1 aliphatic rings. The highest BCUT2D eigenvalue weighted by Crippen LogP contribution is 2.22. The Hall–Kier alpha value is -0.0600.